The Labute approximate surface area is 111 Å². The average molecular weight is 260 g/mol. The summed E-state index contributed by atoms with van der Waals surface area (Å²) in [5.41, 5.74) is 1.16. The minimum Gasteiger partial charge on any atom is -0.494 e. The van der Waals surface area contributed by atoms with E-state index in [4.69, 9.17) is 14.8 Å². The topological polar surface area (TPSA) is 49.7 Å². The third-order valence-corrected chi connectivity index (χ3v) is 2.74. The minimum absolute atomic E-state index is 0.0352. The molecule has 0 saturated heterocycles. The summed E-state index contributed by atoms with van der Waals surface area (Å²) in [6.45, 7) is 0.384. The van der Waals surface area contributed by atoms with Crippen LogP contribution in [-0.2, 0) is 6.42 Å². The minimum atomic E-state index is -1.75. The van der Waals surface area contributed by atoms with E-state index in [1.165, 1.54) is 12.1 Å². The van der Waals surface area contributed by atoms with Crippen LogP contribution in [0.2, 0.25) is 0 Å². The van der Waals surface area contributed by atoms with E-state index in [9.17, 15) is 4.39 Å². The van der Waals surface area contributed by atoms with Crippen LogP contribution in [0.4, 0.5) is 4.39 Å². The highest BCUT2D eigenvalue weighted by atomic mass is 19.1. The van der Waals surface area contributed by atoms with Gasteiger partial charge in [0.2, 0.25) is 0 Å². The van der Waals surface area contributed by atoms with Gasteiger partial charge in [0.1, 0.15) is 11.6 Å². The van der Waals surface area contributed by atoms with Gasteiger partial charge in [-0.3, -0.25) is 0 Å². The number of benzene rings is 2. The Morgan fingerprint density at radius 2 is 1.79 bits per heavy atom. The molecule has 19 heavy (non-hydrogen) atoms. The summed E-state index contributed by atoms with van der Waals surface area (Å²) in [5, 5.41) is 18.3. The first-order valence-corrected chi connectivity index (χ1v) is 5.99. The van der Waals surface area contributed by atoms with Gasteiger partial charge in [-0.25, -0.2) is 4.39 Å². The molecule has 0 fully saturated rings. The van der Waals surface area contributed by atoms with Crippen LogP contribution in [0.25, 0.3) is 0 Å². The molecule has 2 N–H and O–H groups in total. The highest BCUT2D eigenvalue weighted by Crippen LogP contribution is 2.10. The van der Waals surface area contributed by atoms with Crippen LogP contribution >= 0.6 is 0 Å². The number of hydrogen-bond acceptors (Lipinski definition) is 3. The highest BCUT2D eigenvalue weighted by molar-refractivity contribution is 6.59. The Bertz CT molecular complexity index is 531. The van der Waals surface area contributed by atoms with Gasteiger partial charge in [-0.15, -0.1) is 0 Å². The van der Waals surface area contributed by atoms with Gasteiger partial charge in [0.25, 0.3) is 0 Å². The van der Waals surface area contributed by atoms with Crippen molar-refractivity contribution in [1.82, 2.24) is 0 Å². The molecule has 0 heterocycles. The fraction of sp³-hybridized carbons (Fsp3) is 0.143. The summed E-state index contributed by atoms with van der Waals surface area (Å²) >= 11 is 0. The van der Waals surface area contributed by atoms with E-state index in [1.807, 2.05) is 30.3 Å². The van der Waals surface area contributed by atoms with Crippen molar-refractivity contribution in [2.75, 3.05) is 6.61 Å². The van der Waals surface area contributed by atoms with E-state index < -0.39 is 12.9 Å². The zero-order valence-corrected chi connectivity index (χ0v) is 10.3. The molecule has 0 aliphatic carbocycles. The summed E-state index contributed by atoms with van der Waals surface area (Å²) in [6.07, 6.45) is 0.694. The predicted molar refractivity (Wildman–Crippen MR) is 71.9 cm³/mol. The molecule has 0 spiro atoms. The Balaban J connectivity index is 2.00. The normalized spacial score (nSPS) is 10.3. The quantitative estimate of drug-likeness (QED) is 0.792. The SMILES string of the molecule is OB(O)c1cc(F)ccc1OCCc1ccccc1. The van der Waals surface area contributed by atoms with Crippen molar-refractivity contribution in [1.29, 1.82) is 0 Å². The molecule has 0 unspecified atom stereocenters. The fourth-order valence-corrected chi connectivity index (χ4v) is 1.78. The lowest BCUT2D eigenvalue weighted by atomic mass is 9.79. The maximum absolute atomic E-state index is 13.0. The average Bonchev–Trinajstić information content (AvgIpc) is 2.41. The molecule has 0 bridgehead atoms. The van der Waals surface area contributed by atoms with E-state index >= 15 is 0 Å². The summed E-state index contributed by atoms with van der Waals surface area (Å²) in [7, 11) is -1.75. The van der Waals surface area contributed by atoms with Crippen molar-refractivity contribution in [3.63, 3.8) is 0 Å². The van der Waals surface area contributed by atoms with Crippen LogP contribution in [-0.4, -0.2) is 23.8 Å². The standard InChI is InChI=1S/C14H14BFO3/c16-12-6-7-14(13(10-12)15(17)18)19-9-8-11-4-2-1-3-5-11/h1-7,10,17-18H,8-9H2. The second kappa shape index (κ2) is 6.36. The molecule has 2 rings (SSSR count). The second-order valence-electron chi connectivity index (χ2n) is 4.14. The van der Waals surface area contributed by atoms with Gasteiger partial charge < -0.3 is 14.8 Å². The molecule has 3 nitrogen and oxygen atoms in total. The molecule has 0 radical (unpaired) electrons. The molecule has 5 heteroatoms. The van der Waals surface area contributed by atoms with Crippen molar-refractivity contribution in [3.05, 3.63) is 59.9 Å². The third-order valence-electron chi connectivity index (χ3n) is 2.74. The number of rotatable bonds is 5. The van der Waals surface area contributed by atoms with E-state index in [2.05, 4.69) is 0 Å². The largest absolute Gasteiger partial charge is 0.494 e. The van der Waals surface area contributed by atoms with Gasteiger partial charge >= 0.3 is 7.12 Å². The van der Waals surface area contributed by atoms with Gasteiger partial charge in [0.15, 0.2) is 0 Å². The molecule has 2 aromatic carbocycles. The zero-order valence-electron chi connectivity index (χ0n) is 10.3. The first kappa shape index (κ1) is 13.6. The van der Waals surface area contributed by atoms with Crippen LogP contribution in [0.3, 0.4) is 0 Å². The van der Waals surface area contributed by atoms with Gasteiger partial charge in [-0.2, -0.15) is 0 Å². The Morgan fingerprint density at radius 1 is 1.05 bits per heavy atom. The molecular formula is C14H14BFO3. The predicted octanol–water partition coefficient (Wildman–Crippen LogP) is 1.13. The molecule has 0 aliphatic heterocycles. The fourth-order valence-electron chi connectivity index (χ4n) is 1.78. The maximum atomic E-state index is 13.0. The van der Waals surface area contributed by atoms with Gasteiger partial charge in [0, 0.05) is 11.9 Å². The Kier molecular flexibility index (Phi) is 4.55. The van der Waals surface area contributed by atoms with Crippen molar-refractivity contribution in [2.24, 2.45) is 0 Å². The zero-order chi connectivity index (χ0) is 13.7. The molecule has 0 amide bonds. The van der Waals surface area contributed by atoms with E-state index in [1.54, 1.807) is 0 Å². The molecule has 0 atom stereocenters. The highest BCUT2D eigenvalue weighted by Gasteiger charge is 2.18. The first-order chi connectivity index (χ1) is 9.16. The second-order valence-corrected chi connectivity index (χ2v) is 4.14. The summed E-state index contributed by atoms with van der Waals surface area (Å²) in [6, 6.07) is 13.5. The van der Waals surface area contributed by atoms with E-state index in [-0.39, 0.29) is 11.2 Å². The lowest BCUT2D eigenvalue weighted by molar-refractivity contribution is 0.321. The van der Waals surface area contributed by atoms with Crippen LogP contribution in [0.5, 0.6) is 5.75 Å². The lowest BCUT2D eigenvalue weighted by Gasteiger charge is -2.11. The summed E-state index contributed by atoms with van der Waals surface area (Å²) < 4.78 is 18.5. The number of halogens is 1. The Hall–Kier alpha value is -1.85. The van der Waals surface area contributed by atoms with Gasteiger partial charge in [-0.1, -0.05) is 30.3 Å². The van der Waals surface area contributed by atoms with Crippen molar-refractivity contribution in [3.8, 4) is 5.75 Å². The molecule has 0 saturated carbocycles. The monoisotopic (exact) mass is 260 g/mol. The van der Waals surface area contributed by atoms with Crippen molar-refractivity contribution in [2.45, 2.75) is 6.42 Å². The molecule has 2 aromatic rings. The van der Waals surface area contributed by atoms with Crippen LogP contribution < -0.4 is 10.2 Å². The number of hydrogen-bond donors (Lipinski definition) is 2. The van der Waals surface area contributed by atoms with E-state index in [0.717, 1.165) is 11.6 Å². The van der Waals surface area contributed by atoms with Crippen molar-refractivity contribution < 1.29 is 19.2 Å². The van der Waals surface area contributed by atoms with Gasteiger partial charge in [-0.05, 0) is 23.8 Å². The van der Waals surface area contributed by atoms with Gasteiger partial charge in [0.05, 0.1) is 6.61 Å². The van der Waals surface area contributed by atoms with Crippen molar-refractivity contribution >= 4 is 12.6 Å². The molecule has 98 valence electrons. The molecular weight excluding hydrogens is 246 g/mol. The number of ether oxygens (including phenoxy) is 1. The smallest absolute Gasteiger partial charge is 0.492 e. The summed E-state index contributed by atoms with van der Waals surface area (Å²) in [5.74, 6) is -0.245. The van der Waals surface area contributed by atoms with Crippen LogP contribution in [0.15, 0.2) is 48.5 Å². The first-order valence-electron chi connectivity index (χ1n) is 5.99. The Morgan fingerprint density at radius 3 is 2.47 bits per heavy atom. The van der Waals surface area contributed by atoms with Crippen LogP contribution in [0, 0.1) is 5.82 Å². The lowest BCUT2D eigenvalue weighted by Crippen LogP contribution is -2.32. The third kappa shape index (κ3) is 3.81. The maximum Gasteiger partial charge on any atom is 0.492 e. The molecule has 0 aromatic heterocycles. The summed E-state index contributed by atoms with van der Waals surface area (Å²) in [4.78, 5) is 0. The van der Waals surface area contributed by atoms with Crippen LogP contribution in [0.1, 0.15) is 5.56 Å². The van der Waals surface area contributed by atoms with E-state index in [0.29, 0.717) is 13.0 Å². The molecule has 0 aliphatic rings.